The van der Waals surface area contributed by atoms with Crippen LogP contribution < -0.4 is 21.3 Å². The number of aliphatic hydroxyl groups excluding tert-OH is 9. The highest BCUT2D eigenvalue weighted by Gasteiger charge is 2.45. The maximum Gasteiger partial charge on any atom is 0.260 e. The van der Waals surface area contributed by atoms with Gasteiger partial charge in [0.25, 0.3) is 5.91 Å². The summed E-state index contributed by atoms with van der Waals surface area (Å²) in [5.41, 5.74) is -1.29. The minimum absolute atomic E-state index is 0.0332. The molecule has 110 heavy (non-hydrogen) atoms. The molecule has 33 nitrogen and oxygen atoms in total. The van der Waals surface area contributed by atoms with Crippen molar-refractivity contribution >= 4 is 53.0 Å². The Hall–Kier alpha value is -4.73. The monoisotopic (exact) mass is 1580 g/mol. The second-order valence-electron chi connectivity index (χ2n) is 30.5. The summed E-state index contributed by atoms with van der Waals surface area (Å²) in [5, 5.41) is 105. The lowest BCUT2D eigenvalue weighted by Gasteiger charge is -2.40. The van der Waals surface area contributed by atoms with E-state index in [2.05, 4.69) is 47.2 Å². The third-order valence-electron chi connectivity index (χ3n) is 19.4. The van der Waals surface area contributed by atoms with E-state index in [1.807, 2.05) is 0 Å². The first-order valence-electron chi connectivity index (χ1n) is 40.0. The van der Waals surface area contributed by atoms with Gasteiger partial charge >= 0.3 is 0 Å². The summed E-state index contributed by atoms with van der Waals surface area (Å²) in [6, 6.07) is 0. The van der Waals surface area contributed by atoms with Gasteiger partial charge in [0, 0.05) is 134 Å². The second kappa shape index (κ2) is 58.2. The smallest absolute Gasteiger partial charge is 0.260 e. The van der Waals surface area contributed by atoms with Gasteiger partial charge in [-0.05, 0) is 102 Å². The number of nitrogens with zero attached hydrogens (tertiary/aromatic N) is 1. The fraction of sp³-hybridized carbons (Fsp3) is 0.883. The summed E-state index contributed by atoms with van der Waals surface area (Å²) >= 11 is 0. The molecule has 3 aliphatic rings. The molecule has 15 atom stereocenters. The van der Waals surface area contributed by atoms with Crippen LogP contribution >= 0.6 is 0 Å². The molecule has 3 heterocycles. The van der Waals surface area contributed by atoms with Gasteiger partial charge in [0.15, 0.2) is 25.5 Å². The summed E-state index contributed by atoms with van der Waals surface area (Å²) in [5.74, 6) is -3.00. The van der Waals surface area contributed by atoms with Crippen molar-refractivity contribution in [2.45, 2.75) is 294 Å². The van der Waals surface area contributed by atoms with Gasteiger partial charge in [0.1, 0.15) is 71.9 Å². The van der Waals surface area contributed by atoms with Gasteiger partial charge in [-0.1, -0.05) is 59.5 Å². The van der Waals surface area contributed by atoms with E-state index < -0.39 is 129 Å². The largest absolute Gasteiger partial charge is 0.394 e. The van der Waals surface area contributed by atoms with Crippen molar-refractivity contribution in [1.29, 1.82) is 0 Å². The number of amides is 4. The van der Waals surface area contributed by atoms with Crippen LogP contribution in [-0.2, 0) is 90.6 Å². The molecular weight excluding hydrogens is 1440 g/mol. The molecule has 3 rings (SSSR count). The minimum Gasteiger partial charge on any atom is -0.394 e. The van der Waals surface area contributed by atoms with E-state index in [1.54, 1.807) is 27.0 Å². The van der Waals surface area contributed by atoms with E-state index in [1.165, 1.54) is 0 Å². The molecule has 3 saturated heterocycles. The summed E-state index contributed by atoms with van der Waals surface area (Å²) in [4.78, 5) is 109. The number of carbonyl (C=O) groups excluding carboxylic acids is 8. The molecular formula is C77H137N5O28. The summed E-state index contributed by atoms with van der Waals surface area (Å²) in [6.45, 7) is 10.3. The number of unbranched alkanes of at least 4 members (excludes halogenated alkanes) is 8. The number of ketones is 4. The fourth-order valence-electron chi connectivity index (χ4n) is 12.3. The second-order valence-corrected chi connectivity index (χ2v) is 30.5. The number of carbonyl (C=O) groups is 8. The first-order valence-corrected chi connectivity index (χ1v) is 40.0. The Bertz CT molecular complexity index is 2370. The zero-order valence-electron chi connectivity index (χ0n) is 66.3. The number of ether oxygens (including phenoxy) is 10. The van der Waals surface area contributed by atoms with Crippen molar-refractivity contribution in [3.05, 3.63) is 0 Å². The van der Waals surface area contributed by atoms with Gasteiger partial charge < -0.3 is 119 Å². The molecule has 638 valence electrons. The number of hydrogen-bond donors (Lipinski definition) is 13. The topological polar surface area (TPSA) is 481 Å². The number of oxime groups is 1. The van der Waals surface area contributed by atoms with Gasteiger partial charge in [0.05, 0.1) is 77.8 Å². The Labute approximate surface area is 649 Å². The lowest BCUT2D eigenvalue weighted by molar-refractivity contribution is -0.282. The molecule has 13 N–H and O–H groups in total. The summed E-state index contributed by atoms with van der Waals surface area (Å²) in [7, 11) is 0. The van der Waals surface area contributed by atoms with E-state index in [0.29, 0.717) is 135 Å². The summed E-state index contributed by atoms with van der Waals surface area (Å²) < 4.78 is 58.1. The molecule has 4 amide bonds. The number of nitrogens with one attached hydrogen (secondary N) is 4. The zero-order valence-corrected chi connectivity index (χ0v) is 66.3. The Morgan fingerprint density at radius 2 is 0.736 bits per heavy atom. The van der Waals surface area contributed by atoms with Crippen molar-refractivity contribution in [3.8, 4) is 0 Å². The van der Waals surface area contributed by atoms with Crippen molar-refractivity contribution in [2.75, 3.05) is 119 Å². The molecule has 0 spiro atoms. The van der Waals surface area contributed by atoms with E-state index in [4.69, 9.17) is 52.2 Å². The lowest BCUT2D eigenvalue weighted by atomic mass is 9.91. The maximum absolute atomic E-state index is 13.8. The molecule has 3 aliphatic heterocycles. The Balaban J connectivity index is 1.55. The standard InChI is InChI=1S/C77H137N5O28/c1-53-67(94)70(97)60(45-83)108-73(53)104-39-17-13-27-56(86)23-9-7-11-25-58(88)30-42-101-50-77(82-66(93)48-100-38-20-16-34-80-65(92)49-107-81-37-21-33-76(4,5)6,51-102-43-31-59(89)26-12-8-10-24-57(87)28-14-18-40-105-74-54(2)68(95)71(98)61(46-84)109-74)52-103-44-32-64(91)79-36-22-35-78-63(90)29-15-19-41-106-75-55(3)69(96)72(99)62(47-85)110-75/h37,53-55,60-62,67-75,83-85,94-99H,7-36,38-52H2,1-6H3,(H,78,90)(H,79,91)(H,80,92)(H,82,93)/t53-,54-,55-,60?,61?,62?,67?,68?,69?,70-,71-,72-,73+,74+,75+,77?/m1/s1. The maximum atomic E-state index is 13.8. The predicted molar refractivity (Wildman–Crippen MR) is 400 cm³/mol. The van der Waals surface area contributed by atoms with Gasteiger partial charge in [-0.3, -0.25) is 38.4 Å². The van der Waals surface area contributed by atoms with E-state index in [0.717, 1.165) is 12.8 Å². The number of aliphatic hydroxyl groups is 9. The molecule has 0 aromatic rings. The van der Waals surface area contributed by atoms with Crippen LogP contribution in [0.4, 0.5) is 0 Å². The average molecular weight is 1580 g/mol. The van der Waals surface area contributed by atoms with Crippen LogP contribution in [0, 0.1) is 23.2 Å². The fourth-order valence-corrected chi connectivity index (χ4v) is 12.3. The lowest BCUT2D eigenvalue weighted by Crippen LogP contribution is -2.59. The van der Waals surface area contributed by atoms with Gasteiger partial charge in [-0.2, -0.15) is 0 Å². The molecule has 0 aliphatic carbocycles. The highest BCUT2D eigenvalue weighted by molar-refractivity contribution is 5.80. The Kier molecular flexibility index (Phi) is 52.6. The van der Waals surface area contributed by atoms with Gasteiger partial charge in [-0.25, -0.2) is 0 Å². The Morgan fingerprint density at radius 3 is 1.15 bits per heavy atom. The number of hydrogen-bond acceptors (Lipinski definition) is 29. The van der Waals surface area contributed by atoms with Crippen LogP contribution in [0.2, 0.25) is 0 Å². The van der Waals surface area contributed by atoms with Crippen molar-refractivity contribution in [1.82, 2.24) is 21.3 Å². The molecule has 0 saturated carbocycles. The van der Waals surface area contributed by atoms with E-state index in [-0.39, 0.29) is 164 Å². The highest BCUT2D eigenvalue weighted by atomic mass is 16.7. The average Bonchev–Trinajstić information content (AvgIpc) is 0.838. The van der Waals surface area contributed by atoms with Crippen molar-refractivity contribution in [2.24, 2.45) is 28.3 Å². The van der Waals surface area contributed by atoms with Crippen LogP contribution in [0.5, 0.6) is 0 Å². The van der Waals surface area contributed by atoms with Crippen LogP contribution in [0.25, 0.3) is 0 Å². The normalized spacial score (nSPS) is 24.9. The first kappa shape index (κ1) is 99.5. The zero-order chi connectivity index (χ0) is 81.1. The molecule has 3 fully saturated rings. The predicted octanol–water partition coefficient (Wildman–Crippen LogP) is 2.39. The molecule has 0 aromatic carbocycles. The van der Waals surface area contributed by atoms with E-state index >= 15 is 0 Å². The van der Waals surface area contributed by atoms with Gasteiger partial charge in [-0.15, -0.1) is 0 Å². The third-order valence-corrected chi connectivity index (χ3v) is 19.4. The third kappa shape index (κ3) is 43.1. The SMILES string of the molecule is C[C@@H]1C(O)[C@H](O)C(CO)O[C@@H]1OCCCCC(=O)CCCCCC(=O)CCOCC(COCCC(=O)CCCCCC(=O)CCCCO[C@H]1OC(CO)[C@@H](O)C(O)[C@H]1C)(COCCC(=O)NCCCNC(=O)CCCCO[C@H]1OC(CO)[C@@H](O)C(O)[C@H]1C)NC(=O)COCCCCNC(=O)CON=CCCC(C)(C)C. The first-order chi connectivity index (χ1) is 52.6. The van der Waals surface area contributed by atoms with Gasteiger partial charge in [0.2, 0.25) is 17.7 Å². The Morgan fingerprint density at radius 1 is 0.382 bits per heavy atom. The molecule has 0 bridgehead atoms. The van der Waals surface area contributed by atoms with Crippen molar-refractivity contribution < 1.29 is 137 Å². The molecule has 6 unspecified atom stereocenters. The van der Waals surface area contributed by atoms with Crippen LogP contribution in [-0.4, -0.2) is 297 Å². The number of rotatable bonds is 65. The van der Waals surface area contributed by atoms with Crippen LogP contribution in [0.3, 0.4) is 0 Å². The quantitative estimate of drug-likeness (QED) is 0.0236. The minimum atomic E-state index is -1.43. The summed E-state index contributed by atoms with van der Waals surface area (Å²) in [6.07, 6.45) is 1.31. The molecule has 33 heteroatoms. The highest BCUT2D eigenvalue weighted by Crippen LogP contribution is 2.30. The van der Waals surface area contributed by atoms with Crippen LogP contribution in [0.1, 0.15) is 215 Å². The van der Waals surface area contributed by atoms with E-state index in [9.17, 15) is 84.3 Å². The number of Topliss-reactive ketones (excluding diaryl/α,β-unsaturated/α-hetero) is 4. The molecule has 0 radical (unpaired) electrons. The molecule has 0 aromatic heterocycles. The van der Waals surface area contributed by atoms with Crippen molar-refractivity contribution in [3.63, 3.8) is 0 Å². The van der Waals surface area contributed by atoms with Crippen LogP contribution in [0.15, 0.2) is 5.16 Å².